The van der Waals surface area contributed by atoms with E-state index in [0.29, 0.717) is 12.5 Å². The maximum Gasteiger partial charge on any atom is 0.331 e. The van der Waals surface area contributed by atoms with E-state index in [2.05, 4.69) is 38.9 Å². The molecular weight excluding hydrogens is 432 g/mol. The van der Waals surface area contributed by atoms with Crippen molar-refractivity contribution in [3.05, 3.63) is 83.6 Å². The van der Waals surface area contributed by atoms with Crippen molar-refractivity contribution in [1.82, 2.24) is 4.90 Å². The highest BCUT2D eigenvalue weighted by molar-refractivity contribution is 6.13. The minimum atomic E-state index is -0.635. The lowest BCUT2D eigenvalue weighted by Gasteiger charge is -2.26. The van der Waals surface area contributed by atoms with Gasteiger partial charge in [0, 0.05) is 30.6 Å². The molecule has 0 aromatic heterocycles. The maximum absolute atomic E-state index is 13.3. The third-order valence-corrected chi connectivity index (χ3v) is 5.92. The zero-order chi connectivity index (χ0) is 25.8. The standard InChI is InChI=1S/C31H44N2O2/c1-8-9-12-17-25(3)33(7)23-24(2)22-28(30(34)35-31(4,5)6)32-29(26-18-13-10-14-19-26)27-20-15-11-16-21-27/h10-11,13-16,18-21,23,25,28H,8-9,12,17,22H2,1-7H3. The van der Waals surface area contributed by atoms with E-state index in [0.717, 1.165) is 28.8 Å². The largest absolute Gasteiger partial charge is 0.458 e. The van der Waals surface area contributed by atoms with Crippen molar-refractivity contribution in [2.45, 2.75) is 91.3 Å². The minimum absolute atomic E-state index is 0.298. The fourth-order valence-electron chi connectivity index (χ4n) is 3.94. The van der Waals surface area contributed by atoms with Crippen LogP contribution in [0.15, 0.2) is 77.4 Å². The van der Waals surface area contributed by atoms with Gasteiger partial charge in [-0.2, -0.15) is 0 Å². The van der Waals surface area contributed by atoms with E-state index < -0.39 is 11.6 Å². The van der Waals surface area contributed by atoms with E-state index >= 15 is 0 Å². The van der Waals surface area contributed by atoms with Gasteiger partial charge in [-0.1, -0.05) is 92.4 Å². The van der Waals surface area contributed by atoms with Crippen LogP contribution >= 0.6 is 0 Å². The summed E-state index contributed by atoms with van der Waals surface area (Å²) in [7, 11) is 2.12. The first-order chi connectivity index (χ1) is 16.6. The average molecular weight is 477 g/mol. The number of hydrogen-bond acceptors (Lipinski definition) is 4. The number of hydrogen-bond donors (Lipinski definition) is 0. The zero-order valence-corrected chi connectivity index (χ0v) is 22.8. The molecule has 0 amide bonds. The van der Waals surface area contributed by atoms with Crippen molar-refractivity contribution in [2.75, 3.05) is 7.05 Å². The number of benzene rings is 2. The van der Waals surface area contributed by atoms with Crippen molar-refractivity contribution in [2.24, 2.45) is 4.99 Å². The summed E-state index contributed by atoms with van der Waals surface area (Å²) >= 11 is 0. The maximum atomic E-state index is 13.3. The van der Waals surface area contributed by atoms with Crippen LogP contribution < -0.4 is 0 Å². The molecule has 2 aromatic rings. The molecule has 4 nitrogen and oxygen atoms in total. The summed E-state index contributed by atoms with van der Waals surface area (Å²) in [6.07, 6.45) is 7.55. The lowest BCUT2D eigenvalue weighted by atomic mass is 10.0. The van der Waals surface area contributed by atoms with Crippen LogP contribution in [0.1, 0.15) is 84.8 Å². The Morgan fingerprint density at radius 1 is 1.00 bits per heavy atom. The summed E-state index contributed by atoms with van der Waals surface area (Å²) in [5.74, 6) is -0.298. The fraction of sp³-hybridized carbons (Fsp3) is 0.484. The van der Waals surface area contributed by atoms with Crippen LogP contribution in [0.25, 0.3) is 0 Å². The normalized spacial score (nSPS) is 13.6. The molecule has 2 rings (SSSR count). The van der Waals surface area contributed by atoms with Crippen LogP contribution in [-0.4, -0.2) is 41.3 Å². The second-order valence-electron chi connectivity index (χ2n) is 10.4. The highest BCUT2D eigenvalue weighted by Crippen LogP contribution is 2.20. The molecule has 0 bridgehead atoms. The molecule has 0 aliphatic rings. The van der Waals surface area contributed by atoms with E-state index in [9.17, 15) is 4.79 Å². The van der Waals surface area contributed by atoms with Gasteiger partial charge in [-0.05, 0) is 47.2 Å². The van der Waals surface area contributed by atoms with Crippen LogP contribution in [0.5, 0.6) is 0 Å². The Kier molecular flexibility index (Phi) is 11.2. The molecule has 2 unspecified atom stereocenters. The molecule has 4 heteroatoms. The quantitative estimate of drug-likeness (QED) is 0.182. The van der Waals surface area contributed by atoms with Crippen molar-refractivity contribution < 1.29 is 9.53 Å². The van der Waals surface area contributed by atoms with E-state index in [1.807, 2.05) is 81.4 Å². The van der Waals surface area contributed by atoms with Gasteiger partial charge >= 0.3 is 5.97 Å². The first-order valence-electron chi connectivity index (χ1n) is 12.9. The van der Waals surface area contributed by atoms with Gasteiger partial charge in [-0.25, -0.2) is 4.79 Å². The second-order valence-corrected chi connectivity index (χ2v) is 10.4. The van der Waals surface area contributed by atoms with Gasteiger partial charge < -0.3 is 9.64 Å². The summed E-state index contributed by atoms with van der Waals surface area (Å²) in [5, 5.41) is 0. The summed E-state index contributed by atoms with van der Waals surface area (Å²) in [6, 6.07) is 19.9. The predicted octanol–water partition coefficient (Wildman–Crippen LogP) is 7.43. The SMILES string of the molecule is CCCCCC(C)N(C)C=C(C)CC(N=C(c1ccccc1)c1ccccc1)C(=O)OC(C)(C)C. The molecule has 35 heavy (non-hydrogen) atoms. The lowest BCUT2D eigenvalue weighted by molar-refractivity contribution is -0.156. The van der Waals surface area contributed by atoms with Gasteiger partial charge in [0.05, 0.1) is 5.71 Å². The Balaban J connectivity index is 2.39. The Labute approximate surface area is 213 Å². The molecule has 0 aliphatic heterocycles. The smallest absolute Gasteiger partial charge is 0.331 e. The van der Waals surface area contributed by atoms with Crippen LogP contribution in [-0.2, 0) is 9.53 Å². The van der Waals surface area contributed by atoms with E-state index in [1.54, 1.807) is 0 Å². The van der Waals surface area contributed by atoms with Gasteiger partial charge in [0.25, 0.3) is 0 Å². The summed E-state index contributed by atoms with van der Waals surface area (Å²) in [5.41, 5.74) is 3.30. The number of carbonyl (C=O) groups excluding carboxylic acids is 1. The van der Waals surface area contributed by atoms with Crippen LogP contribution in [0.2, 0.25) is 0 Å². The van der Waals surface area contributed by atoms with E-state index in [-0.39, 0.29) is 5.97 Å². The summed E-state index contributed by atoms with van der Waals surface area (Å²) in [6.45, 7) is 12.3. The van der Waals surface area contributed by atoms with Gasteiger partial charge in [-0.15, -0.1) is 0 Å². The third kappa shape index (κ3) is 10.1. The lowest BCUT2D eigenvalue weighted by Crippen LogP contribution is -2.32. The van der Waals surface area contributed by atoms with Gasteiger partial charge in [0.1, 0.15) is 5.60 Å². The topological polar surface area (TPSA) is 41.9 Å². The molecule has 190 valence electrons. The number of carbonyl (C=O) groups is 1. The molecule has 0 heterocycles. The Morgan fingerprint density at radius 3 is 2.03 bits per heavy atom. The van der Waals surface area contributed by atoms with Crippen molar-refractivity contribution in [1.29, 1.82) is 0 Å². The Morgan fingerprint density at radius 2 is 1.54 bits per heavy atom. The minimum Gasteiger partial charge on any atom is -0.458 e. The highest BCUT2D eigenvalue weighted by Gasteiger charge is 2.26. The Bertz CT molecular complexity index is 917. The van der Waals surface area contributed by atoms with Crippen molar-refractivity contribution in [3.63, 3.8) is 0 Å². The number of esters is 1. The first kappa shape index (κ1) is 28.4. The zero-order valence-electron chi connectivity index (χ0n) is 22.8. The molecule has 2 aromatic carbocycles. The first-order valence-corrected chi connectivity index (χ1v) is 12.9. The molecule has 0 N–H and O–H groups in total. The number of unbranched alkanes of at least 4 members (excludes halogenated alkanes) is 2. The number of ether oxygens (including phenoxy) is 1. The van der Waals surface area contributed by atoms with E-state index in [4.69, 9.17) is 9.73 Å². The van der Waals surface area contributed by atoms with Crippen LogP contribution in [0.4, 0.5) is 0 Å². The molecule has 0 spiro atoms. The molecule has 0 saturated carbocycles. The number of rotatable bonds is 12. The second kappa shape index (κ2) is 13.9. The molecular formula is C31H44N2O2. The van der Waals surface area contributed by atoms with Crippen LogP contribution in [0, 0.1) is 0 Å². The molecule has 2 atom stereocenters. The molecule has 0 saturated heterocycles. The van der Waals surface area contributed by atoms with E-state index in [1.165, 1.54) is 19.3 Å². The Hall–Kier alpha value is -2.88. The van der Waals surface area contributed by atoms with Gasteiger partial charge in [-0.3, -0.25) is 4.99 Å². The van der Waals surface area contributed by atoms with Crippen molar-refractivity contribution >= 4 is 11.7 Å². The van der Waals surface area contributed by atoms with Gasteiger partial charge in [0.15, 0.2) is 6.04 Å². The number of nitrogens with zero attached hydrogens (tertiary/aromatic N) is 2. The predicted molar refractivity (Wildman–Crippen MR) is 148 cm³/mol. The highest BCUT2D eigenvalue weighted by atomic mass is 16.6. The monoisotopic (exact) mass is 476 g/mol. The third-order valence-electron chi connectivity index (χ3n) is 5.92. The van der Waals surface area contributed by atoms with Crippen LogP contribution in [0.3, 0.4) is 0 Å². The number of aliphatic imine (C=N–C) groups is 1. The van der Waals surface area contributed by atoms with Crippen molar-refractivity contribution in [3.8, 4) is 0 Å². The summed E-state index contributed by atoms with van der Waals surface area (Å²) in [4.78, 5) is 20.6. The molecule has 0 radical (unpaired) electrons. The summed E-state index contributed by atoms with van der Waals surface area (Å²) < 4.78 is 5.80. The fourth-order valence-corrected chi connectivity index (χ4v) is 3.94. The molecule has 0 aliphatic carbocycles. The van der Waals surface area contributed by atoms with Gasteiger partial charge in [0.2, 0.25) is 0 Å². The average Bonchev–Trinajstić information content (AvgIpc) is 2.81. The molecule has 0 fully saturated rings.